The summed E-state index contributed by atoms with van der Waals surface area (Å²) in [4.78, 5) is 10.7. The molecule has 1 saturated heterocycles. The Morgan fingerprint density at radius 3 is 2.79 bits per heavy atom. The van der Waals surface area contributed by atoms with E-state index in [1.165, 1.54) is 5.56 Å². The van der Waals surface area contributed by atoms with Gasteiger partial charge in [0.25, 0.3) is 0 Å². The van der Waals surface area contributed by atoms with Crippen molar-refractivity contribution in [3.8, 4) is 0 Å². The lowest BCUT2D eigenvalue weighted by atomic mass is 10.1. The highest BCUT2D eigenvalue weighted by Crippen LogP contribution is 2.17. The van der Waals surface area contributed by atoms with Crippen LogP contribution in [0.5, 0.6) is 0 Å². The van der Waals surface area contributed by atoms with Crippen molar-refractivity contribution in [2.45, 2.75) is 31.9 Å². The molecule has 1 fully saturated rings. The van der Waals surface area contributed by atoms with E-state index < -0.39 is 6.03 Å². The maximum Gasteiger partial charge on any atom is 0.316 e. The fourth-order valence-electron chi connectivity index (χ4n) is 2.23. The summed E-state index contributed by atoms with van der Waals surface area (Å²) in [7, 11) is 0. The van der Waals surface area contributed by atoms with Crippen molar-refractivity contribution in [1.82, 2.24) is 5.32 Å². The molecule has 0 aliphatic carbocycles. The Labute approximate surface area is 113 Å². The molecule has 0 radical (unpaired) electrons. The number of ether oxygens (including phenoxy) is 1. The van der Waals surface area contributed by atoms with Crippen LogP contribution in [0.15, 0.2) is 24.3 Å². The van der Waals surface area contributed by atoms with Gasteiger partial charge in [0.1, 0.15) is 0 Å². The highest BCUT2D eigenvalue weighted by atomic mass is 16.5. The molecule has 2 rings (SSSR count). The molecule has 1 aromatic carbocycles. The summed E-state index contributed by atoms with van der Waals surface area (Å²) < 4.78 is 5.58. The summed E-state index contributed by atoms with van der Waals surface area (Å²) in [5, 5.41) is 6.01. The van der Waals surface area contributed by atoms with Gasteiger partial charge in [0.2, 0.25) is 0 Å². The van der Waals surface area contributed by atoms with Crippen LogP contribution in [-0.2, 0) is 4.74 Å². The maximum atomic E-state index is 10.7. The third-order valence-electron chi connectivity index (χ3n) is 3.35. The van der Waals surface area contributed by atoms with E-state index in [4.69, 9.17) is 10.5 Å². The van der Waals surface area contributed by atoms with Crippen molar-refractivity contribution in [2.75, 3.05) is 18.5 Å². The van der Waals surface area contributed by atoms with E-state index in [1.54, 1.807) is 0 Å². The van der Waals surface area contributed by atoms with Gasteiger partial charge in [-0.1, -0.05) is 12.1 Å². The zero-order valence-electron chi connectivity index (χ0n) is 11.2. The van der Waals surface area contributed by atoms with Crippen LogP contribution in [0.4, 0.5) is 10.5 Å². The summed E-state index contributed by atoms with van der Waals surface area (Å²) >= 11 is 0. The number of primary amides is 1. The van der Waals surface area contributed by atoms with E-state index in [9.17, 15) is 4.79 Å². The van der Waals surface area contributed by atoms with E-state index in [0.717, 1.165) is 26.0 Å². The van der Waals surface area contributed by atoms with Crippen molar-refractivity contribution in [3.63, 3.8) is 0 Å². The molecule has 0 aromatic heterocycles. The highest BCUT2D eigenvalue weighted by Gasteiger charge is 2.16. The molecule has 1 aromatic rings. The van der Waals surface area contributed by atoms with Crippen LogP contribution in [0.25, 0.3) is 0 Å². The third-order valence-corrected chi connectivity index (χ3v) is 3.35. The minimum atomic E-state index is -0.544. The van der Waals surface area contributed by atoms with Crippen molar-refractivity contribution in [2.24, 2.45) is 5.73 Å². The Morgan fingerprint density at radius 1 is 1.47 bits per heavy atom. The summed E-state index contributed by atoms with van der Waals surface area (Å²) in [6.07, 6.45) is 2.65. The first-order chi connectivity index (χ1) is 9.15. The molecule has 2 atom stereocenters. The number of rotatable bonds is 5. The number of amides is 2. The number of anilines is 1. The second kappa shape index (κ2) is 6.54. The SMILES string of the molecule is CC(NCC1CCCO1)c1ccc(NC(N)=O)cc1. The Hall–Kier alpha value is -1.59. The van der Waals surface area contributed by atoms with E-state index in [2.05, 4.69) is 17.6 Å². The van der Waals surface area contributed by atoms with Crippen LogP contribution in [0.2, 0.25) is 0 Å². The summed E-state index contributed by atoms with van der Waals surface area (Å²) in [6, 6.07) is 7.38. The number of nitrogens with two attached hydrogens (primary N) is 1. The quantitative estimate of drug-likeness (QED) is 0.760. The normalized spacial score (nSPS) is 20.2. The third kappa shape index (κ3) is 4.22. The fourth-order valence-corrected chi connectivity index (χ4v) is 2.23. The van der Waals surface area contributed by atoms with Crippen LogP contribution in [0.3, 0.4) is 0 Å². The lowest BCUT2D eigenvalue weighted by Gasteiger charge is -2.17. The van der Waals surface area contributed by atoms with Gasteiger partial charge < -0.3 is 21.1 Å². The second-order valence-corrected chi connectivity index (χ2v) is 4.88. The van der Waals surface area contributed by atoms with E-state index >= 15 is 0 Å². The van der Waals surface area contributed by atoms with Gasteiger partial charge in [-0.2, -0.15) is 0 Å². The molecule has 0 saturated carbocycles. The molecule has 5 nitrogen and oxygen atoms in total. The summed E-state index contributed by atoms with van der Waals surface area (Å²) in [6.45, 7) is 3.88. The molecule has 19 heavy (non-hydrogen) atoms. The van der Waals surface area contributed by atoms with Crippen LogP contribution in [-0.4, -0.2) is 25.3 Å². The number of nitrogens with one attached hydrogen (secondary N) is 2. The molecular formula is C14H21N3O2. The van der Waals surface area contributed by atoms with Gasteiger partial charge in [0, 0.05) is 24.9 Å². The van der Waals surface area contributed by atoms with Crippen molar-refractivity contribution >= 4 is 11.7 Å². The molecule has 104 valence electrons. The topological polar surface area (TPSA) is 76.4 Å². The maximum absolute atomic E-state index is 10.7. The number of hydrogen-bond donors (Lipinski definition) is 3. The number of carbonyl (C=O) groups excluding carboxylic acids is 1. The van der Waals surface area contributed by atoms with Crippen LogP contribution in [0, 0.1) is 0 Å². The van der Waals surface area contributed by atoms with E-state index in [1.807, 2.05) is 24.3 Å². The van der Waals surface area contributed by atoms with Gasteiger partial charge in [-0.3, -0.25) is 0 Å². The molecule has 4 N–H and O–H groups in total. The Morgan fingerprint density at radius 2 is 2.21 bits per heavy atom. The van der Waals surface area contributed by atoms with Crippen LogP contribution in [0.1, 0.15) is 31.4 Å². The highest BCUT2D eigenvalue weighted by molar-refractivity contribution is 5.87. The standard InChI is InChI=1S/C14H21N3O2/c1-10(16-9-13-3-2-8-19-13)11-4-6-12(7-5-11)17-14(15)18/h4-7,10,13,16H,2-3,8-9H2,1H3,(H3,15,17,18). The first kappa shape index (κ1) is 13.8. The Balaban J connectivity index is 1.84. The minimum Gasteiger partial charge on any atom is -0.377 e. The fraction of sp³-hybridized carbons (Fsp3) is 0.500. The Bertz CT molecular complexity index is 413. The number of benzene rings is 1. The van der Waals surface area contributed by atoms with Gasteiger partial charge in [0.15, 0.2) is 0 Å². The molecule has 2 unspecified atom stereocenters. The monoisotopic (exact) mass is 263 g/mol. The van der Waals surface area contributed by atoms with Crippen LogP contribution < -0.4 is 16.4 Å². The molecule has 5 heteroatoms. The molecule has 0 spiro atoms. The smallest absolute Gasteiger partial charge is 0.316 e. The largest absolute Gasteiger partial charge is 0.377 e. The molecule has 1 heterocycles. The lowest BCUT2D eigenvalue weighted by Crippen LogP contribution is -2.28. The first-order valence-electron chi connectivity index (χ1n) is 6.66. The van der Waals surface area contributed by atoms with Gasteiger partial charge in [-0.25, -0.2) is 4.79 Å². The molecule has 2 amide bonds. The summed E-state index contributed by atoms with van der Waals surface area (Å²) in [5.41, 5.74) is 6.95. The molecule has 1 aliphatic heterocycles. The average molecular weight is 263 g/mol. The van der Waals surface area contributed by atoms with E-state index in [-0.39, 0.29) is 6.04 Å². The van der Waals surface area contributed by atoms with Crippen molar-refractivity contribution < 1.29 is 9.53 Å². The van der Waals surface area contributed by atoms with Crippen molar-refractivity contribution in [1.29, 1.82) is 0 Å². The van der Waals surface area contributed by atoms with Gasteiger partial charge in [-0.15, -0.1) is 0 Å². The zero-order valence-corrected chi connectivity index (χ0v) is 11.2. The average Bonchev–Trinajstić information content (AvgIpc) is 2.89. The number of hydrogen-bond acceptors (Lipinski definition) is 3. The number of urea groups is 1. The zero-order chi connectivity index (χ0) is 13.7. The van der Waals surface area contributed by atoms with Gasteiger partial charge in [-0.05, 0) is 37.5 Å². The predicted octanol–water partition coefficient (Wildman–Crippen LogP) is 2.01. The molecule has 0 bridgehead atoms. The molecular weight excluding hydrogens is 242 g/mol. The lowest BCUT2D eigenvalue weighted by molar-refractivity contribution is 0.108. The first-order valence-corrected chi connectivity index (χ1v) is 6.66. The minimum absolute atomic E-state index is 0.256. The predicted molar refractivity (Wildman–Crippen MR) is 75.0 cm³/mol. The summed E-state index contributed by atoms with van der Waals surface area (Å²) in [5.74, 6) is 0. The number of carbonyl (C=O) groups is 1. The van der Waals surface area contributed by atoms with Crippen LogP contribution >= 0.6 is 0 Å². The van der Waals surface area contributed by atoms with Gasteiger partial charge >= 0.3 is 6.03 Å². The van der Waals surface area contributed by atoms with E-state index in [0.29, 0.717) is 11.8 Å². The van der Waals surface area contributed by atoms with Crippen molar-refractivity contribution in [3.05, 3.63) is 29.8 Å². The second-order valence-electron chi connectivity index (χ2n) is 4.88. The Kier molecular flexibility index (Phi) is 4.76. The van der Waals surface area contributed by atoms with Gasteiger partial charge in [0.05, 0.1) is 6.10 Å². The molecule has 1 aliphatic rings.